The Morgan fingerprint density at radius 1 is 1.36 bits per heavy atom. The molecular formula is C16H18N4O2. The number of anilines is 2. The molecule has 0 aliphatic carbocycles. The van der Waals surface area contributed by atoms with Crippen LogP contribution in [0.1, 0.15) is 24.9 Å². The fraction of sp³-hybridized carbons (Fsp3) is 0.312. The van der Waals surface area contributed by atoms with Gasteiger partial charge in [-0.15, -0.1) is 0 Å². The van der Waals surface area contributed by atoms with Gasteiger partial charge in [-0.25, -0.2) is 4.98 Å². The summed E-state index contributed by atoms with van der Waals surface area (Å²) in [4.78, 5) is 22.1. The summed E-state index contributed by atoms with van der Waals surface area (Å²) in [6, 6.07) is 9.69. The van der Waals surface area contributed by atoms with Crippen molar-refractivity contribution in [2.75, 3.05) is 23.9 Å². The van der Waals surface area contributed by atoms with Gasteiger partial charge in [0.1, 0.15) is 0 Å². The summed E-state index contributed by atoms with van der Waals surface area (Å²) >= 11 is 0. The smallest absolute Gasteiger partial charge is 0.226 e. The van der Waals surface area contributed by atoms with E-state index in [0.29, 0.717) is 18.4 Å². The molecule has 0 spiro atoms. The van der Waals surface area contributed by atoms with Crippen LogP contribution in [0.15, 0.2) is 36.5 Å². The standard InChI is InChI=1S/C16H18N4O2/c1-11(21)20-10-8-13(12-5-3-4-6-14(12)20)18-16-17-9-7-15(19-16)22-2/h3-7,9,13H,8,10H2,1-2H3,(H,17,18,19). The third-order valence-corrected chi connectivity index (χ3v) is 3.77. The van der Waals surface area contributed by atoms with Gasteiger partial charge in [0.15, 0.2) is 0 Å². The minimum atomic E-state index is 0.0588. The Morgan fingerprint density at radius 2 is 2.18 bits per heavy atom. The predicted octanol–water partition coefficient (Wildman–Crippen LogP) is 2.40. The second-order valence-electron chi connectivity index (χ2n) is 5.14. The SMILES string of the molecule is COc1ccnc(NC2CCN(C(C)=O)c3ccccc32)n1. The van der Waals surface area contributed by atoms with Gasteiger partial charge in [-0.05, 0) is 18.1 Å². The summed E-state index contributed by atoms with van der Waals surface area (Å²) in [5.74, 6) is 1.10. The fourth-order valence-corrected chi connectivity index (χ4v) is 2.72. The summed E-state index contributed by atoms with van der Waals surface area (Å²) in [6.07, 6.45) is 2.46. The molecule has 22 heavy (non-hydrogen) atoms. The molecule has 6 nitrogen and oxygen atoms in total. The van der Waals surface area contributed by atoms with Gasteiger partial charge < -0.3 is 15.0 Å². The molecule has 1 unspecified atom stereocenters. The van der Waals surface area contributed by atoms with E-state index in [0.717, 1.165) is 17.7 Å². The molecular weight excluding hydrogens is 280 g/mol. The molecule has 0 saturated heterocycles. The van der Waals surface area contributed by atoms with Crippen molar-refractivity contribution in [1.82, 2.24) is 9.97 Å². The second-order valence-corrected chi connectivity index (χ2v) is 5.14. The molecule has 1 atom stereocenters. The van der Waals surface area contributed by atoms with Crippen molar-refractivity contribution in [2.45, 2.75) is 19.4 Å². The number of nitrogens with one attached hydrogen (secondary N) is 1. The van der Waals surface area contributed by atoms with Gasteiger partial charge in [-0.1, -0.05) is 18.2 Å². The molecule has 0 bridgehead atoms. The molecule has 2 heterocycles. The number of methoxy groups -OCH3 is 1. The number of hydrogen-bond acceptors (Lipinski definition) is 5. The number of carbonyl (C=O) groups excluding carboxylic acids is 1. The maximum absolute atomic E-state index is 11.8. The van der Waals surface area contributed by atoms with Crippen molar-refractivity contribution in [2.24, 2.45) is 0 Å². The number of amides is 1. The van der Waals surface area contributed by atoms with Crippen molar-refractivity contribution in [3.8, 4) is 5.88 Å². The van der Waals surface area contributed by atoms with Crippen molar-refractivity contribution in [3.63, 3.8) is 0 Å². The van der Waals surface area contributed by atoms with Crippen molar-refractivity contribution in [3.05, 3.63) is 42.1 Å². The van der Waals surface area contributed by atoms with E-state index in [1.807, 2.05) is 24.3 Å². The molecule has 1 aromatic heterocycles. The van der Waals surface area contributed by atoms with E-state index in [2.05, 4.69) is 15.3 Å². The van der Waals surface area contributed by atoms with E-state index >= 15 is 0 Å². The number of para-hydroxylation sites is 1. The first-order chi connectivity index (χ1) is 10.7. The second kappa shape index (κ2) is 6.01. The van der Waals surface area contributed by atoms with Crippen molar-refractivity contribution < 1.29 is 9.53 Å². The van der Waals surface area contributed by atoms with Crippen LogP contribution in [0.3, 0.4) is 0 Å². The molecule has 0 saturated carbocycles. The zero-order valence-electron chi connectivity index (χ0n) is 12.6. The lowest BCUT2D eigenvalue weighted by Gasteiger charge is -2.34. The third-order valence-electron chi connectivity index (χ3n) is 3.77. The normalized spacial score (nSPS) is 16.8. The first-order valence-corrected chi connectivity index (χ1v) is 7.19. The highest BCUT2D eigenvalue weighted by Crippen LogP contribution is 2.35. The van der Waals surface area contributed by atoms with Gasteiger partial charge in [0, 0.05) is 31.4 Å². The Hall–Kier alpha value is -2.63. The van der Waals surface area contributed by atoms with E-state index in [1.165, 1.54) is 0 Å². The summed E-state index contributed by atoms with van der Waals surface area (Å²) in [5.41, 5.74) is 2.03. The molecule has 1 aromatic carbocycles. The monoisotopic (exact) mass is 298 g/mol. The topological polar surface area (TPSA) is 67.3 Å². The number of rotatable bonds is 3. The Kier molecular flexibility index (Phi) is 3.91. The molecule has 1 aliphatic rings. The number of benzene rings is 1. The lowest BCUT2D eigenvalue weighted by atomic mass is 9.96. The van der Waals surface area contributed by atoms with Gasteiger partial charge in [0.05, 0.1) is 13.2 Å². The average Bonchev–Trinajstić information content (AvgIpc) is 2.55. The number of aromatic nitrogens is 2. The minimum Gasteiger partial charge on any atom is -0.481 e. The molecule has 2 aromatic rings. The molecule has 6 heteroatoms. The lowest BCUT2D eigenvalue weighted by Crippen LogP contribution is -2.36. The van der Waals surface area contributed by atoms with E-state index < -0.39 is 0 Å². The van der Waals surface area contributed by atoms with Crippen LogP contribution in [0.25, 0.3) is 0 Å². The van der Waals surface area contributed by atoms with Crippen LogP contribution in [-0.2, 0) is 4.79 Å². The highest BCUT2D eigenvalue weighted by Gasteiger charge is 2.27. The zero-order chi connectivity index (χ0) is 15.5. The third kappa shape index (κ3) is 2.72. The van der Waals surface area contributed by atoms with Crippen LogP contribution in [0.2, 0.25) is 0 Å². The maximum atomic E-state index is 11.8. The number of fused-ring (bicyclic) bond motifs is 1. The minimum absolute atomic E-state index is 0.0588. The van der Waals surface area contributed by atoms with Crippen molar-refractivity contribution >= 4 is 17.5 Å². The number of hydrogen-bond donors (Lipinski definition) is 1. The fourth-order valence-electron chi connectivity index (χ4n) is 2.72. The lowest BCUT2D eigenvalue weighted by molar-refractivity contribution is -0.116. The number of ether oxygens (including phenoxy) is 1. The average molecular weight is 298 g/mol. The highest BCUT2D eigenvalue weighted by molar-refractivity contribution is 5.93. The van der Waals surface area contributed by atoms with Crippen molar-refractivity contribution in [1.29, 1.82) is 0 Å². The Bertz CT molecular complexity index is 689. The van der Waals surface area contributed by atoms with Gasteiger partial charge in [0.25, 0.3) is 0 Å². The molecule has 114 valence electrons. The van der Waals surface area contributed by atoms with Crippen LogP contribution < -0.4 is 15.0 Å². The first-order valence-electron chi connectivity index (χ1n) is 7.19. The summed E-state index contributed by atoms with van der Waals surface area (Å²) < 4.78 is 5.12. The number of carbonyl (C=O) groups is 1. The van der Waals surface area contributed by atoms with Crippen LogP contribution in [0.4, 0.5) is 11.6 Å². The number of nitrogens with zero attached hydrogens (tertiary/aromatic N) is 3. The molecule has 1 N–H and O–H groups in total. The van der Waals surface area contributed by atoms with E-state index in [9.17, 15) is 4.79 Å². The van der Waals surface area contributed by atoms with Crippen LogP contribution in [0.5, 0.6) is 5.88 Å². The highest BCUT2D eigenvalue weighted by atomic mass is 16.5. The quantitative estimate of drug-likeness (QED) is 0.942. The van der Waals surface area contributed by atoms with Crippen LogP contribution in [-0.4, -0.2) is 29.5 Å². The van der Waals surface area contributed by atoms with Gasteiger partial charge in [0.2, 0.25) is 17.7 Å². The van der Waals surface area contributed by atoms with Gasteiger partial charge in [-0.2, -0.15) is 4.98 Å². The van der Waals surface area contributed by atoms with E-state index in [4.69, 9.17) is 4.74 Å². The summed E-state index contributed by atoms with van der Waals surface area (Å²) in [7, 11) is 1.58. The van der Waals surface area contributed by atoms with E-state index in [1.54, 1.807) is 31.2 Å². The van der Waals surface area contributed by atoms with Crippen LogP contribution in [0, 0.1) is 0 Å². The zero-order valence-corrected chi connectivity index (χ0v) is 12.6. The predicted molar refractivity (Wildman–Crippen MR) is 84.0 cm³/mol. The molecule has 0 radical (unpaired) electrons. The molecule has 1 aliphatic heterocycles. The Balaban J connectivity index is 1.89. The van der Waals surface area contributed by atoms with Crippen LogP contribution >= 0.6 is 0 Å². The van der Waals surface area contributed by atoms with Gasteiger partial charge >= 0.3 is 0 Å². The summed E-state index contributed by atoms with van der Waals surface area (Å²) in [6.45, 7) is 2.27. The van der Waals surface area contributed by atoms with Gasteiger partial charge in [-0.3, -0.25) is 4.79 Å². The Labute approximate surface area is 129 Å². The maximum Gasteiger partial charge on any atom is 0.226 e. The summed E-state index contributed by atoms with van der Waals surface area (Å²) in [5, 5.41) is 3.33. The molecule has 0 fully saturated rings. The Morgan fingerprint density at radius 3 is 2.95 bits per heavy atom. The van der Waals surface area contributed by atoms with E-state index in [-0.39, 0.29) is 11.9 Å². The largest absolute Gasteiger partial charge is 0.481 e. The molecule has 1 amide bonds. The molecule has 3 rings (SSSR count). The first kappa shape index (κ1) is 14.3.